The molecule has 0 aliphatic carbocycles. The zero-order valence-corrected chi connectivity index (χ0v) is 31.9. The summed E-state index contributed by atoms with van der Waals surface area (Å²) >= 11 is 0. The van der Waals surface area contributed by atoms with Crippen molar-refractivity contribution in [2.24, 2.45) is 0 Å². The van der Waals surface area contributed by atoms with E-state index in [2.05, 4.69) is 24.9 Å². The molecule has 59 heavy (non-hydrogen) atoms. The van der Waals surface area contributed by atoms with Crippen LogP contribution >= 0.6 is 15.6 Å². The lowest BCUT2D eigenvalue weighted by atomic mass is 9.93. The zero-order valence-electron chi connectivity index (χ0n) is 30.2. The number of aliphatic hydroxyl groups excluding tert-OH is 2. The van der Waals surface area contributed by atoms with Crippen molar-refractivity contribution in [1.82, 2.24) is 34.1 Å². The summed E-state index contributed by atoms with van der Waals surface area (Å²) in [6.45, 7) is -1.69. The molecule has 3 fully saturated rings. The normalized spacial score (nSPS) is 31.7. The number of nitrogens with one attached hydrogen (secondary N) is 1. The first-order valence-corrected chi connectivity index (χ1v) is 21.0. The van der Waals surface area contributed by atoms with Crippen LogP contribution in [0.4, 0.5) is 11.8 Å². The summed E-state index contributed by atoms with van der Waals surface area (Å²) in [6.07, 6.45) is -8.98. The second-order valence-electron chi connectivity index (χ2n) is 14.2. The monoisotopic (exact) mass is 849 g/mol. The third kappa shape index (κ3) is 6.41. The predicted octanol–water partition coefficient (Wildman–Crippen LogP) is 2.24. The lowest BCUT2D eigenvalue weighted by Crippen LogP contribution is -2.36. The Morgan fingerprint density at radius 3 is 2.22 bits per heavy atom. The third-order valence-corrected chi connectivity index (χ3v) is 12.6. The number of H-pyrrole nitrogens is 1. The number of nitrogen functional groups attached to an aromatic ring is 2. The van der Waals surface area contributed by atoms with Gasteiger partial charge in [-0.25, -0.2) is 24.1 Å². The molecule has 0 amide bonds. The maximum absolute atomic E-state index is 13.6. The Hall–Kier alpha value is -5.19. The maximum Gasteiger partial charge on any atom is 0.472 e. The van der Waals surface area contributed by atoms with Crippen molar-refractivity contribution >= 4 is 71.2 Å². The number of aliphatic hydroxyl groups is 2. The first kappa shape index (κ1) is 38.0. The predicted molar refractivity (Wildman–Crippen MR) is 206 cm³/mol. The van der Waals surface area contributed by atoms with Crippen LogP contribution in [0.2, 0.25) is 0 Å². The molecular weight excluding hydrogens is 816 g/mol. The first-order valence-electron chi connectivity index (χ1n) is 18.0. The van der Waals surface area contributed by atoms with Gasteiger partial charge in [-0.15, -0.1) is 0 Å². The van der Waals surface area contributed by atoms with Gasteiger partial charge in [-0.2, -0.15) is 4.98 Å². The van der Waals surface area contributed by atoms with Crippen LogP contribution < -0.4 is 17.0 Å². The van der Waals surface area contributed by atoms with E-state index in [4.69, 9.17) is 39.0 Å². The SMILES string of the molecule is Nc1nc2c(ncn2[C@@H]2O[C@@H]3COP(=O)(O)O[C@H]4[C@@H](O)[C@H](n5cc(-c6cc7ccccc7c7ccccc67)c6c(N)ncnc65)O[C@@H]4COP(=O)(O)O[C@@H]2[C@@H]3O)c(=O)[nH]1. The highest BCUT2D eigenvalue weighted by Crippen LogP contribution is 2.54. The van der Waals surface area contributed by atoms with Crippen molar-refractivity contribution in [2.45, 2.75) is 49.1 Å². The minimum Gasteiger partial charge on any atom is -0.387 e. The molecule has 3 saturated heterocycles. The van der Waals surface area contributed by atoms with Gasteiger partial charge in [0, 0.05) is 11.8 Å². The van der Waals surface area contributed by atoms with Crippen molar-refractivity contribution in [3.05, 3.63) is 83.8 Å². The van der Waals surface area contributed by atoms with Gasteiger partial charge in [0.1, 0.15) is 54.4 Å². The zero-order chi connectivity index (χ0) is 41.0. The lowest BCUT2D eigenvalue weighted by Gasteiger charge is -2.25. The van der Waals surface area contributed by atoms with Crippen LogP contribution in [0.25, 0.3) is 54.9 Å². The van der Waals surface area contributed by atoms with Gasteiger partial charge in [-0.3, -0.25) is 32.4 Å². The molecule has 24 heteroatoms. The molecule has 22 nitrogen and oxygen atoms in total. The van der Waals surface area contributed by atoms with Gasteiger partial charge in [-0.05, 0) is 33.2 Å². The molecule has 3 aliphatic heterocycles. The molecule has 9 N–H and O–H groups in total. The Balaban J connectivity index is 1.01. The number of phosphoric ester groups is 2. The summed E-state index contributed by atoms with van der Waals surface area (Å²) in [5.41, 5.74) is 12.8. The minimum atomic E-state index is -5.19. The smallest absolute Gasteiger partial charge is 0.387 e. The second-order valence-corrected chi connectivity index (χ2v) is 17.0. The van der Waals surface area contributed by atoms with E-state index in [0.29, 0.717) is 10.9 Å². The molecule has 2 unspecified atom stereocenters. The quantitative estimate of drug-likeness (QED) is 0.0990. The van der Waals surface area contributed by atoms with Crippen LogP contribution in [-0.2, 0) is 36.7 Å². The number of benzene rings is 3. The van der Waals surface area contributed by atoms with Gasteiger partial charge in [0.05, 0.1) is 24.9 Å². The minimum absolute atomic E-state index is 0.120. The molecule has 10 rings (SSSR count). The van der Waals surface area contributed by atoms with E-state index in [-0.39, 0.29) is 28.6 Å². The Kier molecular flexibility index (Phi) is 8.99. The fourth-order valence-corrected chi connectivity index (χ4v) is 9.92. The average Bonchev–Trinajstić information content (AvgIpc) is 3.96. The Bertz CT molecular complexity index is 2980. The van der Waals surface area contributed by atoms with E-state index in [9.17, 15) is 33.9 Å². The number of anilines is 2. The summed E-state index contributed by atoms with van der Waals surface area (Å²) in [6, 6.07) is 17.7. The number of ether oxygens (including phenoxy) is 2. The number of fused-ring (bicyclic) bond motifs is 8. The number of hydrogen-bond donors (Lipinski definition) is 7. The van der Waals surface area contributed by atoms with E-state index in [1.807, 2.05) is 54.6 Å². The van der Waals surface area contributed by atoms with E-state index in [1.165, 1.54) is 10.9 Å². The van der Waals surface area contributed by atoms with Gasteiger partial charge < -0.3 is 45.5 Å². The molecule has 0 radical (unpaired) electrons. The number of aromatic amines is 1. The van der Waals surface area contributed by atoms with Crippen LogP contribution in [0.15, 0.2) is 78.2 Å². The summed E-state index contributed by atoms with van der Waals surface area (Å²) in [7, 11) is -10.4. The van der Waals surface area contributed by atoms with Crippen LogP contribution in [0.1, 0.15) is 12.5 Å². The largest absolute Gasteiger partial charge is 0.472 e. The summed E-state index contributed by atoms with van der Waals surface area (Å²) in [4.78, 5) is 53.5. The summed E-state index contributed by atoms with van der Waals surface area (Å²) in [5.74, 6) is -0.167. The Morgan fingerprint density at radius 2 is 1.44 bits per heavy atom. The molecule has 3 aliphatic rings. The molecule has 0 spiro atoms. The highest BCUT2D eigenvalue weighted by Gasteiger charge is 2.54. The molecule has 3 aromatic carbocycles. The van der Waals surface area contributed by atoms with Crippen LogP contribution in [0.5, 0.6) is 0 Å². The van der Waals surface area contributed by atoms with Crippen molar-refractivity contribution in [2.75, 3.05) is 24.7 Å². The van der Waals surface area contributed by atoms with Crippen LogP contribution in [-0.4, -0.2) is 104 Å². The van der Waals surface area contributed by atoms with Crippen LogP contribution in [0.3, 0.4) is 0 Å². The van der Waals surface area contributed by atoms with Crippen molar-refractivity contribution in [1.29, 1.82) is 0 Å². The number of phosphoric acid groups is 2. The fraction of sp³-hybridized carbons (Fsp3) is 0.286. The molecule has 7 aromatic rings. The molecule has 7 heterocycles. The first-order chi connectivity index (χ1) is 28.3. The van der Waals surface area contributed by atoms with E-state index in [1.54, 1.807) is 6.20 Å². The highest BCUT2D eigenvalue weighted by atomic mass is 31.2. The fourth-order valence-electron chi connectivity index (χ4n) is 8.02. The average molecular weight is 850 g/mol. The van der Waals surface area contributed by atoms with Crippen molar-refractivity contribution in [3.63, 3.8) is 0 Å². The van der Waals surface area contributed by atoms with Gasteiger partial charge in [0.2, 0.25) is 5.95 Å². The van der Waals surface area contributed by atoms with Gasteiger partial charge >= 0.3 is 15.6 Å². The Morgan fingerprint density at radius 1 is 0.763 bits per heavy atom. The summed E-state index contributed by atoms with van der Waals surface area (Å²) in [5, 5.41) is 27.3. The molecule has 10 atom stereocenters. The highest BCUT2D eigenvalue weighted by molar-refractivity contribution is 7.47. The number of rotatable bonds is 3. The Labute approximate surface area is 330 Å². The molecule has 2 bridgehead atoms. The summed E-state index contributed by atoms with van der Waals surface area (Å²) < 4.78 is 63.4. The van der Waals surface area contributed by atoms with E-state index < -0.39 is 83.5 Å². The third-order valence-electron chi connectivity index (χ3n) is 10.6. The lowest BCUT2D eigenvalue weighted by molar-refractivity contribution is -0.0671. The number of imidazole rings is 1. The number of aromatic nitrogens is 7. The second kappa shape index (κ2) is 13.9. The van der Waals surface area contributed by atoms with Gasteiger partial charge in [0.15, 0.2) is 23.6 Å². The maximum atomic E-state index is 13.6. The standard InChI is InChI=1S/C35H33N9O13P2/c36-29-23-20(19-9-15-5-1-2-6-16(15)17-7-3-4-8-18(17)19)10-43(30(23)39-13-38-29)33-26(46)27-22(55-33)12-53-59(50,51)57-28-25(45)21(11-52-58(48,49)56-27)54-34(28)44-14-40-24-31(44)41-35(37)42-32(24)47/h1-10,13-14,21-22,25-28,33-34,45-46H,11-12H2,(H,48,49)(H,50,51)(H2,36,38,39)(H3,37,41,42,47)/t21-,22-,25-,26-,27-,28-,33-,34-/m1/s1. The number of hydrogen-bond acceptors (Lipinski definition) is 17. The van der Waals surface area contributed by atoms with Crippen molar-refractivity contribution in [3.8, 4) is 11.1 Å². The molecular formula is C35H33N9O13P2. The van der Waals surface area contributed by atoms with E-state index in [0.717, 1.165) is 38.0 Å². The van der Waals surface area contributed by atoms with Crippen molar-refractivity contribution < 1.29 is 56.7 Å². The number of nitrogens with two attached hydrogens (primary N) is 2. The molecule has 0 saturated carbocycles. The van der Waals surface area contributed by atoms with Gasteiger partial charge in [-0.1, -0.05) is 48.5 Å². The molecule has 4 aromatic heterocycles. The van der Waals surface area contributed by atoms with Crippen LogP contribution in [0, 0.1) is 0 Å². The topological polar surface area (TPSA) is 317 Å². The molecule has 306 valence electrons. The van der Waals surface area contributed by atoms with Gasteiger partial charge in [0.25, 0.3) is 5.56 Å². The van der Waals surface area contributed by atoms with E-state index >= 15 is 0 Å². The number of nitrogens with zero attached hydrogens (tertiary/aromatic N) is 6.